The highest BCUT2D eigenvalue weighted by molar-refractivity contribution is 6.14. The number of nitrogens with zero attached hydrogens (tertiary/aromatic N) is 2. The maximum absolute atomic E-state index is 12.7. The van der Waals surface area contributed by atoms with E-state index >= 15 is 0 Å². The lowest BCUT2D eigenvalue weighted by molar-refractivity contribution is 0.0810. The molecule has 0 amide bonds. The van der Waals surface area contributed by atoms with Gasteiger partial charge in [0.05, 0.1) is 29.6 Å². The molecule has 0 saturated carbocycles. The number of fused-ring (bicyclic) bond motifs is 3. The predicted octanol–water partition coefficient (Wildman–Crippen LogP) is 3.64. The molecule has 0 bridgehead atoms. The van der Waals surface area contributed by atoms with Crippen LogP contribution in [0.25, 0.3) is 6.08 Å². The van der Waals surface area contributed by atoms with Crippen molar-refractivity contribution in [3.63, 3.8) is 0 Å². The lowest BCUT2D eigenvalue weighted by Gasteiger charge is -2.29. The third-order valence-corrected chi connectivity index (χ3v) is 4.61. The van der Waals surface area contributed by atoms with E-state index < -0.39 is 0 Å². The Kier molecular flexibility index (Phi) is 3.76. The van der Waals surface area contributed by atoms with Gasteiger partial charge < -0.3 is 13.9 Å². The first kappa shape index (κ1) is 15.8. The SMILES string of the molecule is O=C1/C(=C/c2ccccn2)Oc2c1ccc1c2CN(Cc2ccco2)CO1. The quantitative estimate of drug-likeness (QED) is 0.665. The van der Waals surface area contributed by atoms with Crippen molar-refractivity contribution in [2.45, 2.75) is 13.1 Å². The third kappa shape index (κ3) is 2.90. The molecule has 0 saturated heterocycles. The van der Waals surface area contributed by atoms with Gasteiger partial charge in [-0.1, -0.05) is 6.07 Å². The summed E-state index contributed by atoms with van der Waals surface area (Å²) in [4.78, 5) is 19.1. The first-order valence-corrected chi connectivity index (χ1v) is 8.66. The van der Waals surface area contributed by atoms with Gasteiger partial charge in [0.25, 0.3) is 0 Å². The average molecular weight is 360 g/mol. The summed E-state index contributed by atoms with van der Waals surface area (Å²) in [5, 5.41) is 0. The summed E-state index contributed by atoms with van der Waals surface area (Å²) in [5.41, 5.74) is 2.11. The standard InChI is InChI=1S/C21H16N2O4/c24-20-16-6-7-18-17(12-23(13-26-18)11-15-5-3-9-25-15)21(16)27-19(20)10-14-4-1-2-8-22-14/h1-10H,11-13H2/b19-10-. The topological polar surface area (TPSA) is 64.8 Å². The molecule has 2 aromatic heterocycles. The van der Waals surface area contributed by atoms with Crippen LogP contribution in [0.2, 0.25) is 0 Å². The summed E-state index contributed by atoms with van der Waals surface area (Å²) in [7, 11) is 0. The summed E-state index contributed by atoms with van der Waals surface area (Å²) in [5.74, 6) is 2.32. The minimum atomic E-state index is -0.137. The molecule has 6 nitrogen and oxygen atoms in total. The Balaban J connectivity index is 1.45. The van der Waals surface area contributed by atoms with Crippen molar-refractivity contribution in [1.29, 1.82) is 0 Å². The minimum Gasteiger partial charge on any atom is -0.478 e. The molecule has 27 heavy (non-hydrogen) atoms. The molecular weight excluding hydrogens is 344 g/mol. The highest BCUT2D eigenvalue weighted by Crippen LogP contribution is 2.42. The van der Waals surface area contributed by atoms with Crippen LogP contribution in [0.15, 0.2) is 65.1 Å². The summed E-state index contributed by atoms with van der Waals surface area (Å²) in [6.07, 6.45) is 5.00. The fourth-order valence-corrected chi connectivity index (χ4v) is 3.32. The molecule has 3 aromatic rings. The predicted molar refractivity (Wildman–Crippen MR) is 97.1 cm³/mol. The summed E-state index contributed by atoms with van der Waals surface area (Å²) in [6, 6.07) is 12.9. The van der Waals surface area contributed by atoms with Crippen molar-refractivity contribution in [2.75, 3.05) is 6.73 Å². The summed E-state index contributed by atoms with van der Waals surface area (Å²) >= 11 is 0. The molecule has 5 rings (SSSR count). The van der Waals surface area contributed by atoms with Gasteiger partial charge >= 0.3 is 0 Å². The number of benzene rings is 1. The maximum Gasteiger partial charge on any atom is 0.232 e. The van der Waals surface area contributed by atoms with Crippen molar-refractivity contribution in [1.82, 2.24) is 9.88 Å². The van der Waals surface area contributed by atoms with E-state index in [9.17, 15) is 4.79 Å². The fraction of sp³-hybridized carbons (Fsp3) is 0.143. The molecule has 0 N–H and O–H groups in total. The zero-order valence-electron chi connectivity index (χ0n) is 14.4. The van der Waals surface area contributed by atoms with Crippen molar-refractivity contribution < 1.29 is 18.7 Å². The van der Waals surface area contributed by atoms with Crippen LogP contribution in [-0.2, 0) is 13.1 Å². The number of pyridine rings is 1. The Morgan fingerprint density at radius 3 is 2.93 bits per heavy atom. The number of ketones is 1. The Labute approximate surface area is 155 Å². The monoisotopic (exact) mass is 360 g/mol. The molecule has 4 heterocycles. The van der Waals surface area contributed by atoms with Crippen LogP contribution in [-0.4, -0.2) is 22.4 Å². The number of hydrogen-bond acceptors (Lipinski definition) is 6. The van der Waals surface area contributed by atoms with Crippen molar-refractivity contribution in [3.8, 4) is 11.5 Å². The Morgan fingerprint density at radius 2 is 2.11 bits per heavy atom. The molecule has 6 heteroatoms. The molecule has 0 spiro atoms. The Morgan fingerprint density at radius 1 is 1.15 bits per heavy atom. The van der Waals surface area contributed by atoms with Crippen LogP contribution < -0.4 is 9.47 Å². The number of furan rings is 1. The second kappa shape index (κ2) is 6.41. The number of aromatic nitrogens is 1. The van der Waals surface area contributed by atoms with E-state index in [1.54, 1.807) is 24.6 Å². The van der Waals surface area contributed by atoms with Crippen LogP contribution in [0.4, 0.5) is 0 Å². The lowest BCUT2D eigenvalue weighted by Crippen LogP contribution is -2.31. The van der Waals surface area contributed by atoms with Gasteiger partial charge in [-0.3, -0.25) is 14.7 Å². The molecule has 0 fully saturated rings. The van der Waals surface area contributed by atoms with Gasteiger partial charge in [-0.05, 0) is 36.4 Å². The molecule has 0 unspecified atom stereocenters. The zero-order chi connectivity index (χ0) is 18.2. The zero-order valence-corrected chi connectivity index (χ0v) is 14.4. The smallest absolute Gasteiger partial charge is 0.232 e. The van der Waals surface area contributed by atoms with Crippen LogP contribution >= 0.6 is 0 Å². The van der Waals surface area contributed by atoms with Gasteiger partial charge in [0.15, 0.2) is 5.76 Å². The minimum absolute atomic E-state index is 0.137. The molecule has 0 aliphatic carbocycles. The van der Waals surface area contributed by atoms with E-state index in [4.69, 9.17) is 13.9 Å². The van der Waals surface area contributed by atoms with Crippen LogP contribution in [0, 0.1) is 0 Å². The van der Waals surface area contributed by atoms with Crippen molar-refractivity contribution >= 4 is 11.9 Å². The molecule has 0 atom stereocenters. The van der Waals surface area contributed by atoms with E-state index in [1.807, 2.05) is 36.4 Å². The second-order valence-corrected chi connectivity index (χ2v) is 6.45. The Bertz CT molecular complexity index is 1030. The second-order valence-electron chi connectivity index (χ2n) is 6.45. The number of Topliss-reactive ketones (excluding diaryl/α,β-unsaturated/α-hetero) is 1. The number of allylic oxidation sites excluding steroid dienone is 1. The number of rotatable bonds is 3. The number of carbonyl (C=O) groups is 1. The van der Waals surface area contributed by atoms with Gasteiger partial charge in [-0.25, -0.2) is 0 Å². The third-order valence-electron chi connectivity index (χ3n) is 4.61. The van der Waals surface area contributed by atoms with E-state index in [2.05, 4.69) is 9.88 Å². The first-order chi connectivity index (χ1) is 13.3. The van der Waals surface area contributed by atoms with Crippen LogP contribution in [0.1, 0.15) is 27.4 Å². The molecule has 0 radical (unpaired) electrons. The van der Waals surface area contributed by atoms with Crippen LogP contribution in [0.3, 0.4) is 0 Å². The van der Waals surface area contributed by atoms with Crippen molar-refractivity contribution in [3.05, 3.63) is 83.3 Å². The van der Waals surface area contributed by atoms with E-state index in [1.165, 1.54) is 0 Å². The summed E-state index contributed by atoms with van der Waals surface area (Å²) in [6.45, 7) is 1.70. The number of ether oxygens (including phenoxy) is 2. The van der Waals surface area contributed by atoms with Crippen molar-refractivity contribution in [2.24, 2.45) is 0 Å². The number of carbonyl (C=O) groups excluding carboxylic acids is 1. The molecular formula is C21H16N2O4. The van der Waals surface area contributed by atoms with Gasteiger partial charge in [0, 0.05) is 18.8 Å². The van der Waals surface area contributed by atoms with E-state index in [0.717, 1.165) is 17.1 Å². The molecule has 2 aliphatic heterocycles. The Hall–Kier alpha value is -3.38. The first-order valence-electron chi connectivity index (χ1n) is 8.66. The highest BCUT2D eigenvalue weighted by Gasteiger charge is 2.33. The molecule has 134 valence electrons. The van der Waals surface area contributed by atoms with E-state index in [-0.39, 0.29) is 11.5 Å². The maximum atomic E-state index is 12.7. The van der Waals surface area contributed by atoms with Crippen LogP contribution in [0.5, 0.6) is 11.5 Å². The summed E-state index contributed by atoms with van der Waals surface area (Å²) < 4.78 is 17.2. The van der Waals surface area contributed by atoms with Gasteiger partial charge in [-0.15, -0.1) is 0 Å². The normalized spacial score (nSPS) is 17.3. The lowest BCUT2D eigenvalue weighted by atomic mass is 10.0. The number of hydrogen-bond donors (Lipinski definition) is 0. The fourth-order valence-electron chi connectivity index (χ4n) is 3.32. The van der Waals surface area contributed by atoms with E-state index in [0.29, 0.717) is 36.8 Å². The molecule has 1 aromatic carbocycles. The average Bonchev–Trinajstić information content (AvgIpc) is 3.31. The molecule has 2 aliphatic rings. The van der Waals surface area contributed by atoms with Gasteiger partial charge in [0.2, 0.25) is 5.78 Å². The largest absolute Gasteiger partial charge is 0.478 e. The van der Waals surface area contributed by atoms with Gasteiger partial charge in [-0.2, -0.15) is 0 Å². The van der Waals surface area contributed by atoms with Gasteiger partial charge in [0.1, 0.15) is 24.0 Å². The highest BCUT2D eigenvalue weighted by atomic mass is 16.5.